The molecule has 2 aliphatic rings. The fraction of sp³-hybridized carbons (Fsp3) is 1.00. The molecule has 0 radical (unpaired) electrons. The minimum Gasteiger partial charge on any atom is -0.308 e. The molecule has 4 atom stereocenters. The van der Waals surface area contributed by atoms with Gasteiger partial charge in [-0.15, -0.1) is 0 Å². The predicted molar refractivity (Wildman–Crippen MR) is 47.9 cm³/mol. The normalized spacial score (nSPS) is 47.5. The molecule has 0 spiro atoms. The van der Waals surface area contributed by atoms with Crippen LogP contribution < -0.4 is 5.32 Å². The zero-order chi connectivity index (χ0) is 8.55. The van der Waals surface area contributed by atoms with Gasteiger partial charge in [0.1, 0.15) is 6.17 Å². The lowest BCUT2D eigenvalue weighted by Crippen LogP contribution is -2.32. The maximum absolute atomic E-state index is 13.7. The van der Waals surface area contributed by atoms with Gasteiger partial charge in [0.05, 0.1) is 0 Å². The van der Waals surface area contributed by atoms with Crippen molar-refractivity contribution in [3.63, 3.8) is 0 Å². The third-order valence-corrected chi connectivity index (χ3v) is 3.48. The molecule has 1 nitrogen and oxygen atoms in total. The first-order valence-corrected chi connectivity index (χ1v) is 5.23. The van der Waals surface area contributed by atoms with Crippen LogP contribution in [0.15, 0.2) is 0 Å². The Morgan fingerprint density at radius 2 is 2.08 bits per heavy atom. The quantitative estimate of drug-likeness (QED) is 0.638. The van der Waals surface area contributed by atoms with Crippen molar-refractivity contribution in [2.45, 2.75) is 57.3 Å². The molecule has 0 bridgehead atoms. The Morgan fingerprint density at radius 3 is 2.75 bits per heavy atom. The standard InChI is InChI=1S/C10H18FN/c1-2-8-10(11)7-5-3-4-6-9(7)12-8/h7-10,12H,2-6H2,1H3. The number of alkyl halides is 1. The summed E-state index contributed by atoms with van der Waals surface area (Å²) in [7, 11) is 0. The highest BCUT2D eigenvalue weighted by Crippen LogP contribution is 2.35. The fourth-order valence-electron chi connectivity index (χ4n) is 2.76. The molecule has 1 aliphatic heterocycles. The van der Waals surface area contributed by atoms with E-state index in [2.05, 4.69) is 12.2 Å². The first kappa shape index (κ1) is 8.49. The molecular formula is C10H18FN. The molecule has 1 saturated heterocycles. The summed E-state index contributed by atoms with van der Waals surface area (Å²) in [6, 6.07) is 0.650. The maximum Gasteiger partial charge on any atom is 0.120 e. The molecule has 1 saturated carbocycles. The Kier molecular flexibility index (Phi) is 2.35. The molecule has 1 N–H and O–H groups in total. The van der Waals surface area contributed by atoms with E-state index in [1.165, 1.54) is 19.3 Å². The van der Waals surface area contributed by atoms with Gasteiger partial charge in [0, 0.05) is 18.0 Å². The summed E-state index contributed by atoms with van der Waals surface area (Å²) in [4.78, 5) is 0. The third kappa shape index (κ3) is 1.26. The Labute approximate surface area is 73.7 Å². The first-order valence-electron chi connectivity index (χ1n) is 5.23. The lowest BCUT2D eigenvalue weighted by Gasteiger charge is -2.25. The second-order valence-electron chi connectivity index (χ2n) is 4.18. The van der Waals surface area contributed by atoms with E-state index >= 15 is 0 Å². The van der Waals surface area contributed by atoms with Gasteiger partial charge in [-0.2, -0.15) is 0 Å². The van der Waals surface area contributed by atoms with Crippen LogP contribution in [0.2, 0.25) is 0 Å². The van der Waals surface area contributed by atoms with Crippen molar-refractivity contribution in [1.82, 2.24) is 5.32 Å². The van der Waals surface area contributed by atoms with Crippen LogP contribution in [0.4, 0.5) is 4.39 Å². The molecule has 4 unspecified atom stereocenters. The molecule has 1 heterocycles. The zero-order valence-electron chi connectivity index (χ0n) is 7.72. The number of rotatable bonds is 1. The van der Waals surface area contributed by atoms with Crippen LogP contribution in [-0.4, -0.2) is 18.3 Å². The highest BCUT2D eigenvalue weighted by molar-refractivity contribution is 4.98. The van der Waals surface area contributed by atoms with Crippen molar-refractivity contribution >= 4 is 0 Å². The fourth-order valence-corrected chi connectivity index (χ4v) is 2.76. The number of nitrogens with one attached hydrogen (secondary N) is 1. The summed E-state index contributed by atoms with van der Waals surface area (Å²) in [5, 5.41) is 3.42. The van der Waals surface area contributed by atoms with Gasteiger partial charge in [-0.1, -0.05) is 19.8 Å². The second-order valence-corrected chi connectivity index (χ2v) is 4.18. The van der Waals surface area contributed by atoms with Crippen LogP contribution in [0.5, 0.6) is 0 Å². The van der Waals surface area contributed by atoms with Gasteiger partial charge in [-0.25, -0.2) is 4.39 Å². The lowest BCUT2D eigenvalue weighted by atomic mass is 9.84. The SMILES string of the molecule is CCC1NC2CCCCC2C1F. The first-order chi connectivity index (χ1) is 5.83. The second kappa shape index (κ2) is 3.33. The summed E-state index contributed by atoms with van der Waals surface area (Å²) >= 11 is 0. The van der Waals surface area contributed by atoms with E-state index in [0.29, 0.717) is 12.0 Å². The predicted octanol–water partition coefficient (Wildman–Crippen LogP) is 2.27. The van der Waals surface area contributed by atoms with Crippen molar-refractivity contribution in [3.8, 4) is 0 Å². The summed E-state index contributed by atoms with van der Waals surface area (Å²) in [6.07, 6.45) is 5.20. The van der Waals surface area contributed by atoms with Crippen molar-refractivity contribution in [2.24, 2.45) is 5.92 Å². The van der Waals surface area contributed by atoms with Crippen LogP contribution in [-0.2, 0) is 0 Å². The Balaban J connectivity index is 2.03. The van der Waals surface area contributed by atoms with Crippen LogP contribution >= 0.6 is 0 Å². The molecule has 2 rings (SSSR count). The van der Waals surface area contributed by atoms with E-state index in [1.807, 2.05) is 0 Å². The van der Waals surface area contributed by atoms with Crippen LogP contribution in [0.3, 0.4) is 0 Å². The van der Waals surface area contributed by atoms with Crippen molar-refractivity contribution in [1.29, 1.82) is 0 Å². The van der Waals surface area contributed by atoms with Crippen LogP contribution in [0, 0.1) is 5.92 Å². The zero-order valence-corrected chi connectivity index (χ0v) is 7.72. The van der Waals surface area contributed by atoms with Gasteiger partial charge in [-0.05, 0) is 19.3 Å². The molecule has 0 amide bonds. The van der Waals surface area contributed by atoms with Crippen molar-refractivity contribution < 1.29 is 4.39 Å². The van der Waals surface area contributed by atoms with E-state index < -0.39 is 6.17 Å². The van der Waals surface area contributed by atoms with Gasteiger partial charge in [0.2, 0.25) is 0 Å². The van der Waals surface area contributed by atoms with E-state index in [0.717, 1.165) is 12.8 Å². The molecule has 12 heavy (non-hydrogen) atoms. The summed E-state index contributed by atoms with van der Waals surface area (Å²) in [5.41, 5.74) is 0. The van der Waals surface area contributed by atoms with Crippen LogP contribution in [0.1, 0.15) is 39.0 Å². The summed E-state index contributed by atoms with van der Waals surface area (Å²) < 4.78 is 13.7. The minimum absolute atomic E-state index is 0.151. The van der Waals surface area contributed by atoms with E-state index in [4.69, 9.17) is 0 Å². The average molecular weight is 171 g/mol. The summed E-state index contributed by atoms with van der Waals surface area (Å²) in [6.45, 7) is 2.07. The van der Waals surface area contributed by atoms with E-state index in [-0.39, 0.29) is 6.04 Å². The van der Waals surface area contributed by atoms with E-state index in [1.54, 1.807) is 0 Å². The molecule has 0 aromatic heterocycles. The number of hydrogen-bond acceptors (Lipinski definition) is 1. The third-order valence-electron chi connectivity index (χ3n) is 3.48. The topological polar surface area (TPSA) is 12.0 Å². The van der Waals surface area contributed by atoms with Gasteiger partial charge < -0.3 is 5.32 Å². The molecule has 70 valence electrons. The monoisotopic (exact) mass is 171 g/mol. The smallest absolute Gasteiger partial charge is 0.120 e. The lowest BCUT2D eigenvalue weighted by molar-refractivity contribution is 0.199. The molecular weight excluding hydrogens is 153 g/mol. The Bertz CT molecular complexity index is 158. The van der Waals surface area contributed by atoms with Crippen LogP contribution in [0.25, 0.3) is 0 Å². The minimum atomic E-state index is -0.569. The van der Waals surface area contributed by atoms with Gasteiger partial charge in [0.25, 0.3) is 0 Å². The van der Waals surface area contributed by atoms with Gasteiger partial charge in [-0.3, -0.25) is 0 Å². The maximum atomic E-state index is 13.7. The number of hydrogen-bond donors (Lipinski definition) is 1. The van der Waals surface area contributed by atoms with Gasteiger partial charge >= 0.3 is 0 Å². The highest BCUT2D eigenvalue weighted by atomic mass is 19.1. The number of fused-ring (bicyclic) bond motifs is 1. The largest absolute Gasteiger partial charge is 0.308 e. The Hall–Kier alpha value is -0.110. The molecule has 0 aromatic rings. The molecule has 2 fully saturated rings. The number of halogens is 1. The van der Waals surface area contributed by atoms with E-state index in [9.17, 15) is 4.39 Å². The Morgan fingerprint density at radius 1 is 1.33 bits per heavy atom. The molecule has 2 heteroatoms. The van der Waals surface area contributed by atoms with Crippen molar-refractivity contribution in [3.05, 3.63) is 0 Å². The summed E-state index contributed by atoms with van der Waals surface area (Å²) in [5.74, 6) is 0.337. The molecule has 0 aromatic carbocycles. The van der Waals surface area contributed by atoms with Gasteiger partial charge in [0.15, 0.2) is 0 Å². The average Bonchev–Trinajstić information content (AvgIpc) is 2.44. The molecule has 1 aliphatic carbocycles. The highest BCUT2D eigenvalue weighted by Gasteiger charge is 2.42. The van der Waals surface area contributed by atoms with Crippen molar-refractivity contribution in [2.75, 3.05) is 0 Å².